The van der Waals surface area contributed by atoms with Crippen molar-refractivity contribution in [3.05, 3.63) is 227 Å². The average Bonchev–Trinajstić information content (AvgIpc) is 0.812. The van der Waals surface area contributed by atoms with Crippen molar-refractivity contribution in [3.8, 4) is 87.6 Å². The highest BCUT2D eigenvalue weighted by molar-refractivity contribution is 6.02. The number of ether oxygens (including phenoxy) is 15. The van der Waals surface area contributed by atoms with Gasteiger partial charge in [0.1, 0.15) is 101 Å². The first kappa shape index (κ1) is 72.7. The second-order valence-corrected chi connectivity index (χ2v) is 21.1. The largest absolute Gasteiger partial charge is 0.501 e. The fraction of sp³-hybridized carbons (Fsp3) is 0.260. The highest BCUT2D eigenvalue weighted by atomic mass is 17.0. The molecule has 0 heterocycles. The maximum atomic E-state index is 6.73. The number of fused-ring (bicyclic) bond motifs is 2. The van der Waals surface area contributed by atoms with Gasteiger partial charge < -0.3 is 71.1 Å². The van der Waals surface area contributed by atoms with E-state index in [1.807, 2.05) is 74.5 Å². The Hall–Kier alpha value is -10.7. The van der Waals surface area contributed by atoms with Crippen LogP contribution < -0.4 is 63.2 Å². The molecule has 0 atom stereocenters. The van der Waals surface area contributed by atoms with Crippen molar-refractivity contribution < 1.29 is 80.8 Å². The summed E-state index contributed by atoms with van der Waals surface area (Å²) in [5.41, 5.74) is 12.7. The van der Waals surface area contributed by atoms with E-state index in [9.17, 15) is 0 Å². The number of hydroxylamine groups is 1. The Labute approximate surface area is 562 Å². The van der Waals surface area contributed by atoms with Crippen LogP contribution in [0.15, 0.2) is 211 Å². The standard InChI is InChI=1S/C75H82N2O17.C2H2/c1-51(22-23-59(81-7)29-53(3)80-6)46-87-64-32-56(33-65(39-64)89-48-55-30-60(82-8)35-61(31-55)83-9)49-90-67-40-66(86-26-17-16-25-76-94-77-91-50-75-73-20-14-12-18-57(73)34-58-19-13-15-21-74(58)75)41-70(42-67)93-72-44-68(88-47-54(24-27-78-4)28-52(2)79-5)43-71(45-72)92-69-37-62(84-10)36-63(38-69)85-11;1-2/h12-15,18-22,24,28-45,76-77H,1,16-17,25-27,46-50H2,2-11H3;1-2H/b52-28+,53-29+,54-24+;. The molecule has 19 heteroatoms. The Morgan fingerprint density at radius 1 is 0.479 bits per heavy atom. The van der Waals surface area contributed by atoms with Crippen LogP contribution in [0.5, 0.6) is 74.7 Å². The van der Waals surface area contributed by atoms with Crippen molar-refractivity contribution >= 4 is 21.5 Å². The molecule has 0 bridgehead atoms. The summed E-state index contributed by atoms with van der Waals surface area (Å²) >= 11 is 0. The van der Waals surface area contributed by atoms with Gasteiger partial charge in [0.2, 0.25) is 0 Å². The third-order valence-electron chi connectivity index (χ3n) is 14.2. The molecule has 8 rings (SSSR count). The third-order valence-corrected chi connectivity index (χ3v) is 14.2. The summed E-state index contributed by atoms with van der Waals surface area (Å²) in [6.45, 7) is 9.89. The molecular weight excluding hydrogens is 1220 g/mol. The van der Waals surface area contributed by atoms with Gasteiger partial charge in [-0.2, -0.15) is 10.4 Å². The van der Waals surface area contributed by atoms with Gasteiger partial charge in [0.05, 0.1) is 81.1 Å². The van der Waals surface area contributed by atoms with Crippen LogP contribution in [0, 0.1) is 12.8 Å². The molecule has 0 saturated carbocycles. The van der Waals surface area contributed by atoms with E-state index in [4.69, 9.17) is 80.8 Å². The van der Waals surface area contributed by atoms with E-state index in [2.05, 4.69) is 66.6 Å². The SMILES string of the molecule is C#C.C=C(C=C=C(/C=C(\C)OC)OC)COc1cc(COc2cc(OCCCCNONOCc3c4ccccc4cc4ccccc34)cc(Oc3cc(OCC(=C/COC)/C=C(\C)OC)cc(Oc4cc(OC)cc(OC)c4)c3)c2)cc(OCc2cc(OC)cc(OC)c2)c1. The highest BCUT2D eigenvalue weighted by Gasteiger charge is 2.15. The summed E-state index contributed by atoms with van der Waals surface area (Å²) in [6, 6.07) is 45.7. The molecule has 0 aliphatic rings. The van der Waals surface area contributed by atoms with Crippen LogP contribution in [0.4, 0.5) is 0 Å². The summed E-state index contributed by atoms with van der Waals surface area (Å²) in [5.74, 6) is 8.10. The maximum absolute atomic E-state index is 6.73. The first-order valence-corrected chi connectivity index (χ1v) is 30.5. The van der Waals surface area contributed by atoms with Gasteiger partial charge in [0, 0.05) is 86.5 Å². The second kappa shape index (κ2) is 39.1. The Kier molecular flexibility index (Phi) is 29.6. The summed E-state index contributed by atoms with van der Waals surface area (Å²) in [5, 5.41) is 4.51. The molecule has 0 fully saturated rings. The molecule has 0 radical (unpaired) electrons. The Bertz CT molecular complexity index is 3920. The number of rotatable bonds is 39. The van der Waals surface area contributed by atoms with E-state index in [-0.39, 0.29) is 33.0 Å². The fourth-order valence-corrected chi connectivity index (χ4v) is 9.39. The zero-order chi connectivity index (χ0) is 68.4. The summed E-state index contributed by atoms with van der Waals surface area (Å²) in [6.07, 6.45) is 16.6. The molecular formula is C77H84N2O17. The number of methoxy groups -OCH3 is 8. The zero-order valence-electron chi connectivity index (χ0n) is 56.0. The predicted molar refractivity (Wildman–Crippen MR) is 371 cm³/mol. The van der Waals surface area contributed by atoms with Gasteiger partial charge in [-0.3, -0.25) is 4.84 Å². The number of benzene rings is 8. The molecule has 19 nitrogen and oxygen atoms in total. The van der Waals surface area contributed by atoms with E-state index >= 15 is 0 Å². The molecule has 0 aromatic heterocycles. The Balaban J connectivity index is 0.00000644. The quantitative estimate of drug-likeness (QED) is 0.00705. The second-order valence-electron chi connectivity index (χ2n) is 21.1. The topological polar surface area (TPSA) is 181 Å². The number of nitrogens with one attached hydrogen (secondary N) is 2. The van der Waals surface area contributed by atoms with Gasteiger partial charge >= 0.3 is 0 Å². The van der Waals surface area contributed by atoms with Crippen LogP contribution in [-0.2, 0) is 48.5 Å². The summed E-state index contributed by atoms with van der Waals surface area (Å²) < 4.78 is 89.2. The third kappa shape index (κ3) is 23.4. The van der Waals surface area contributed by atoms with E-state index in [0.29, 0.717) is 130 Å². The molecule has 8 aromatic rings. The monoisotopic (exact) mass is 1310 g/mol. The number of hydrogen-bond acceptors (Lipinski definition) is 19. The molecule has 0 unspecified atom stereocenters. The lowest BCUT2D eigenvalue weighted by Gasteiger charge is -2.17. The molecule has 0 aliphatic heterocycles. The minimum atomic E-state index is 0.0680. The van der Waals surface area contributed by atoms with Gasteiger partial charge in [-0.25, -0.2) is 0 Å². The molecule has 0 amide bonds. The lowest BCUT2D eigenvalue weighted by Crippen LogP contribution is -2.27. The molecule has 96 heavy (non-hydrogen) atoms. The molecule has 2 N–H and O–H groups in total. The summed E-state index contributed by atoms with van der Waals surface area (Å²) in [7, 11) is 12.7. The number of allylic oxidation sites excluding steroid dienone is 2. The van der Waals surface area contributed by atoms with Gasteiger partial charge in [-0.05, 0) is 119 Å². The van der Waals surface area contributed by atoms with Gasteiger partial charge in [-0.1, -0.05) is 72.6 Å². The first-order chi connectivity index (χ1) is 46.9. The molecule has 0 aliphatic carbocycles. The van der Waals surface area contributed by atoms with E-state index < -0.39 is 0 Å². The van der Waals surface area contributed by atoms with Crippen molar-refractivity contribution in [1.29, 1.82) is 0 Å². The van der Waals surface area contributed by atoms with E-state index in [1.54, 1.807) is 136 Å². The summed E-state index contributed by atoms with van der Waals surface area (Å²) in [4.78, 5) is 11.3. The predicted octanol–water partition coefficient (Wildman–Crippen LogP) is 16.0. The Morgan fingerprint density at radius 3 is 1.47 bits per heavy atom. The highest BCUT2D eigenvalue weighted by Crippen LogP contribution is 2.39. The lowest BCUT2D eigenvalue weighted by atomic mass is 9.97. The molecule has 504 valence electrons. The number of hydrogen-bond donors (Lipinski definition) is 2. The van der Waals surface area contributed by atoms with Crippen molar-refractivity contribution in [3.63, 3.8) is 0 Å². The Morgan fingerprint density at radius 2 is 0.927 bits per heavy atom. The number of terminal acetylenes is 1. The smallest absolute Gasteiger partial charge is 0.165 e. The van der Waals surface area contributed by atoms with Crippen LogP contribution in [0.25, 0.3) is 21.5 Å². The minimum Gasteiger partial charge on any atom is -0.501 e. The van der Waals surface area contributed by atoms with Crippen LogP contribution in [0.3, 0.4) is 0 Å². The first-order valence-electron chi connectivity index (χ1n) is 30.5. The fourth-order valence-electron chi connectivity index (χ4n) is 9.39. The van der Waals surface area contributed by atoms with Crippen molar-refractivity contribution in [2.45, 2.75) is 46.5 Å². The normalized spacial score (nSPS) is 11.3. The molecule has 8 aromatic carbocycles. The van der Waals surface area contributed by atoms with E-state index in [0.717, 1.165) is 43.8 Å². The minimum absolute atomic E-state index is 0.0680. The van der Waals surface area contributed by atoms with Crippen molar-refractivity contribution in [2.24, 2.45) is 0 Å². The molecule has 0 spiro atoms. The van der Waals surface area contributed by atoms with Gasteiger partial charge in [0.15, 0.2) is 5.76 Å². The maximum Gasteiger partial charge on any atom is 0.165 e. The van der Waals surface area contributed by atoms with E-state index in [1.165, 1.54) is 0 Å². The van der Waals surface area contributed by atoms with Gasteiger partial charge in [0.25, 0.3) is 0 Å². The van der Waals surface area contributed by atoms with Crippen LogP contribution >= 0.6 is 0 Å². The van der Waals surface area contributed by atoms with Crippen LogP contribution in [0.1, 0.15) is 43.4 Å². The van der Waals surface area contributed by atoms with Crippen LogP contribution in [0.2, 0.25) is 0 Å². The van der Waals surface area contributed by atoms with Crippen molar-refractivity contribution in [1.82, 2.24) is 11.1 Å². The van der Waals surface area contributed by atoms with Gasteiger partial charge in [-0.15, -0.1) is 12.8 Å². The van der Waals surface area contributed by atoms with Crippen LogP contribution in [-0.4, -0.2) is 89.9 Å². The number of unbranched alkanes of at least 4 members (excludes halogenated alkanes) is 1. The van der Waals surface area contributed by atoms with Crippen molar-refractivity contribution in [2.75, 3.05) is 89.9 Å². The zero-order valence-corrected chi connectivity index (χ0v) is 56.0. The lowest BCUT2D eigenvalue weighted by molar-refractivity contribution is -0.213. The molecule has 0 saturated heterocycles. The average molecular weight is 1310 g/mol.